The van der Waals surface area contributed by atoms with E-state index in [1.54, 1.807) is 0 Å². The molecule has 19 heavy (non-hydrogen) atoms. The molecule has 2 aromatic rings. The second kappa shape index (κ2) is 5.73. The first-order chi connectivity index (χ1) is 9.25. The lowest BCUT2D eigenvalue weighted by Crippen LogP contribution is -2.33. The number of fused-ring (bicyclic) bond motifs is 1. The lowest BCUT2D eigenvalue weighted by atomic mass is 10.1. The average Bonchev–Trinajstić information content (AvgIpc) is 2.76. The Morgan fingerprint density at radius 3 is 3.21 bits per heavy atom. The largest absolute Gasteiger partial charge is 0.307 e. The van der Waals surface area contributed by atoms with Gasteiger partial charge in [-0.2, -0.15) is 16.9 Å². The predicted molar refractivity (Wildman–Crippen MR) is 82.9 cm³/mol. The number of rotatable bonds is 3. The van der Waals surface area contributed by atoms with Gasteiger partial charge >= 0.3 is 0 Å². The number of aromatic nitrogens is 2. The van der Waals surface area contributed by atoms with Crippen molar-refractivity contribution < 1.29 is 0 Å². The molecule has 1 atom stereocenters. The van der Waals surface area contributed by atoms with Gasteiger partial charge in [0.15, 0.2) is 0 Å². The van der Waals surface area contributed by atoms with Crippen molar-refractivity contribution in [2.24, 2.45) is 7.05 Å². The minimum absolute atomic E-state index is 0.610. The number of nitrogens with zero attached hydrogens (tertiary/aromatic N) is 2. The van der Waals surface area contributed by atoms with Gasteiger partial charge in [-0.3, -0.25) is 4.68 Å². The zero-order valence-corrected chi connectivity index (χ0v) is 12.6. The van der Waals surface area contributed by atoms with E-state index in [0.29, 0.717) is 6.04 Å². The topological polar surface area (TPSA) is 29.9 Å². The van der Waals surface area contributed by atoms with Crippen molar-refractivity contribution in [1.82, 2.24) is 15.1 Å². The van der Waals surface area contributed by atoms with Crippen molar-refractivity contribution in [2.45, 2.75) is 25.4 Å². The monoisotopic (exact) mass is 295 g/mol. The van der Waals surface area contributed by atoms with Gasteiger partial charge in [-0.15, -0.1) is 0 Å². The van der Waals surface area contributed by atoms with E-state index < -0.39 is 0 Å². The molecule has 102 valence electrons. The number of halogens is 1. The first kappa shape index (κ1) is 13.3. The third-order valence-corrected chi connectivity index (χ3v) is 5.15. The Balaban J connectivity index is 1.80. The van der Waals surface area contributed by atoms with Crippen molar-refractivity contribution in [2.75, 3.05) is 11.5 Å². The minimum atomic E-state index is 0.610. The summed E-state index contributed by atoms with van der Waals surface area (Å²) in [6.45, 7) is 0.798. The highest BCUT2D eigenvalue weighted by molar-refractivity contribution is 7.99. The Morgan fingerprint density at radius 2 is 2.42 bits per heavy atom. The normalized spacial score (nSPS) is 20.0. The summed E-state index contributed by atoms with van der Waals surface area (Å²) in [4.78, 5) is 0. The van der Waals surface area contributed by atoms with Crippen LogP contribution in [0.25, 0.3) is 10.9 Å². The third-order valence-electron chi connectivity index (χ3n) is 3.62. The Kier molecular flexibility index (Phi) is 4.01. The molecular formula is C14H18ClN3S. The van der Waals surface area contributed by atoms with Gasteiger partial charge in [0.1, 0.15) is 0 Å². The Bertz CT molecular complexity index is 575. The Labute approximate surface area is 122 Å². The summed E-state index contributed by atoms with van der Waals surface area (Å²) in [6.07, 6.45) is 2.58. The summed E-state index contributed by atoms with van der Waals surface area (Å²) in [7, 11) is 1.97. The maximum absolute atomic E-state index is 6.31. The van der Waals surface area contributed by atoms with Crippen molar-refractivity contribution in [3.8, 4) is 0 Å². The number of benzene rings is 1. The van der Waals surface area contributed by atoms with Crippen molar-refractivity contribution in [1.29, 1.82) is 0 Å². The van der Waals surface area contributed by atoms with Gasteiger partial charge in [0.05, 0.1) is 16.2 Å². The number of aryl methyl sites for hydroxylation is 1. The smallest absolute Gasteiger partial charge is 0.0856 e. The second-order valence-corrected chi connectivity index (χ2v) is 6.56. The maximum Gasteiger partial charge on any atom is 0.0856 e. The molecule has 2 heterocycles. The van der Waals surface area contributed by atoms with E-state index in [2.05, 4.69) is 16.5 Å². The third kappa shape index (κ3) is 2.76. The van der Waals surface area contributed by atoms with E-state index in [-0.39, 0.29) is 0 Å². The summed E-state index contributed by atoms with van der Waals surface area (Å²) < 4.78 is 1.91. The van der Waals surface area contributed by atoms with Crippen LogP contribution in [-0.4, -0.2) is 27.3 Å². The maximum atomic E-state index is 6.31. The quantitative estimate of drug-likeness (QED) is 0.943. The summed E-state index contributed by atoms with van der Waals surface area (Å²) in [5.41, 5.74) is 2.15. The van der Waals surface area contributed by atoms with Crippen LogP contribution in [0.3, 0.4) is 0 Å². The molecule has 1 aliphatic heterocycles. The molecule has 1 aromatic heterocycles. The van der Waals surface area contributed by atoms with Crippen molar-refractivity contribution in [3.63, 3.8) is 0 Å². The summed E-state index contributed by atoms with van der Waals surface area (Å²) in [6, 6.07) is 6.58. The first-order valence-corrected chi connectivity index (χ1v) is 8.20. The van der Waals surface area contributed by atoms with Crippen LogP contribution >= 0.6 is 23.4 Å². The molecule has 0 aliphatic carbocycles. The van der Waals surface area contributed by atoms with Gasteiger partial charge < -0.3 is 5.32 Å². The molecule has 1 N–H and O–H groups in total. The van der Waals surface area contributed by atoms with E-state index >= 15 is 0 Å². The lowest BCUT2D eigenvalue weighted by molar-refractivity contribution is 0.502. The highest BCUT2D eigenvalue weighted by Crippen LogP contribution is 2.26. The summed E-state index contributed by atoms with van der Waals surface area (Å²) >= 11 is 8.35. The van der Waals surface area contributed by atoms with E-state index in [1.807, 2.05) is 35.6 Å². The standard InChI is InChI=1S/C14H18ClN3S/c1-18-13-6-2-5-11(15)14(13)12(17-18)8-16-10-4-3-7-19-9-10/h2,5-6,10,16H,3-4,7-9H2,1H3/t10-/m0/s1. The van der Waals surface area contributed by atoms with Gasteiger partial charge in [-0.05, 0) is 30.7 Å². The van der Waals surface area contributed by atoms with Crippen LogP contribution in [0.1, 0.15) is 18.5 Å². The molecule has 3 nitrogen and oxygen atoms in total. The molecule has 1 aromatic carbocycles. The van der Waals surface area contributed by atoms with Crippen molar-refractivity contribution in [3.05, 3.63) is 28.9 Å². The molecule has 0 saturated carbocycles. The van der Waals surface area contributed by atoms with E-state index in [0.717, 1.165) is 28.2 Å². The molecule has 0 unspecified atom stereocenters. The van der Waals surface area contributed by atoms with Crippen molar-refractivity contribution >= 4 is 34.3 Å². The fourth-order valence-electron chi connectivity index (χ4n) is 2.62. The zero-order chi connectivity index (χ0) is 13.2. The highest BCUT2D eigenvalue weighted by atomic mass is 35.5. The van der Waals surface area contributed by atoms with Gasteiger partial charge in [-0.25, -0.2) is 0 Å². The minimum Gasteiger partial charge on any atom is -0.307 e. The van der Waals surface area contributed by atoms with Crippen LogP contribution in [0.15, 0.2) is 18.2 Å². The Morgan fingerprint density at radius 1 is 1.53 bits per heavy atom. The fourth-order valence-corrected chi connectivity index (χ4v) is 4.00. The van der Waals surface area contributed by atoms with E-state index in [1.165, 1.54) is 24.3 Å². The molecule has 1 fully saturated rings. The SMILES string of the molecule is Cn1nc(CN[C@H]2CCCSC2)c2c(Cl)cccc21. The van der Waals surface area contributed by atoms with Crippen LogP contribution in [0.5, 0.6) is 0 Å². The predicted octanol–water partition coefficient (Wildman–Crippen LogP) is 3.21. The molecule has 0 amide bonds. The fraction of sp³-hybridized carbons (Fsp3) is 0.500. The zero-order valence-electron chi connectivity index (χ0n) is 11.0. The van der Waals surface area contributed by atoms with Crippen LogP contribution in [-0.2, 0) is 13.6 Å². The number of thioether (sulfide) groups is 1. The first-order valence-electron chi connectivity index (χ1n) is 6.67. The van der Waals surface area contributed by atoms with Crippen LogP contribution < -0.4 is 5.32 Å². The number of hydrogen-bond acceptors (Lipinski definition) is 3. The number of hydrogen-bond donors (Lipinski definition) is 1. The summed E-state index contributed by atoms with van der Waals surface area (Å²) in [5.74, 6) is 2.51. The van der Waals surface area contributed by atoms with E-state index in [9.17, 15) is 0 Å². The van der Waals surface area contributed by atoms with Crippen LogP contribution in [0, 0.1) is 0 Å². The van der Waals surface area contributed by atoms with Gasteiger partial charge in [0, 0.05) is 30.8 Å². The second-order valence-electron chi connectivity index (χ2n) is 5.00. The average molecular weight is 296 g/mol. The molecule has 0 bridgehead atoms. The molecule has 0 spiro atoms. The molecule has 5 heteroatoms. The van der Waals surface area contributed by atoms with Gasteiger partial charge in [0.25, 0.3) is 0 Å². The number of nitrogens with one attached hydrogen (secondary N) is 1. The van der Waals surface area contributed by atoms with Gasteiger partial charge in [-0.1, -0.05) is 17.7 Å². The van der Waals surface area contributed by atoms with Crippen LogP contribution in [0.4, 0.5) is 0 Å². The molecule has 1 saturated heterocycles. The molecular weight excluding hydrogens is 278 g/mol. The van der Waals surface area contributed by atoms with Crippen LogP contribution in [0.2, 0.25) is 5.02 Å². The lowest BCUT2D eigenvalue weighted by Gasteiger charge is -2.22. The van der Waals surface area contributed by atoms with E-state index in [4.69, 9.17) is 11.6 Å². The molecule has 3 rings (SSSR count). The molecule has 1 aliphatic rings. The highest BCUT2D eigenvalue weighted by Gasteiger charge is 2.16. The van der Waals surface area contributed by atoms with Gasteiger partial charge in [0.2, 0.25) is 0 Å². The molecule has 0 radical (unpaired) electrons. The summed E-state index contributed by atoms with van der Waals surface area (Å²) in [5, 5.41) is 10.1. The Hall–Kier alpha value is -0.710.